The molecule has 3 aromatic rings. The maximum Gasteiger partial charge on any atom is 0.247 e. The molecule has 1 aliphatic carbocycles. The molecule has 1 fully saturated rings. The standard InChI is InChI=1S/C23H31N5O2/c1-15(2)20-14-30-22(26-20)19-12-17(11-16-7-4-3-5-8-16)21(28-27-19)23-25-18(13-29-23)9-6-10-24/h12-16H,3-11,24H2,1-2H3. The number of nitrogens with two attached hydrogens (primary N) is 1. The molecule has 30 heavy (non-hydrogen) atoms. The molecular formula is C23H31N5O2. The summed E-state index contributed by atoms with van der Waals surface area (Å²) in [5.41, 5.74) is 9.92. The summed E-state index contributed by atoms with van der Waals surface area (Å²) in [6.07, 6.45) is 12.5. The van der Waals surface area contributed by atoms with Crippen molar-refractivity contribution in [2.24, 2.45) is 11.7 Å². The molecule has 0 saturated heterocycles. The van der Waals surface area contributed by atoms with Gasteiger partial charge in [0, 0.05) is 0 Å². The summed E-state index contributed by atoms with van der Waals surface area (Å²) >= 11 is 0. The van der Waals surface area contributed by atoms with Crippen LogP contribution in [0.5, 0.6) is 0 Å². The maximum atomic E-state index is 5.77. The van der Waals surface area contributed by atoms with E-state index in [2.05, 4.69) is 40.1 Å². The van der Waals surface area contributed by atoms with Crippen LogP contribution in [0.4, 0.5) is 0 Å². The monoisotopic (exact) mass is 409 g/mol. The molecular weight excluding hydrogens is 378 g/mol. The third-order valence-electron chi connectivity index (χ3n) is 5.83. The smallest absolute Gasteiger partial charge is 0.247 e. The van der Waals surface area contributed by atoms with Crippen LogP contribution in [0, 0.1) is 5.92 Å². The second-order valence-corrected chi connectivity index (χ2v) is 8.58. The van der Waals surface area contributed by atoms with Gasteiger partial charge in [0.2, 0.25) is 11.8 Å². The third kappa shape index (κ3) is 4.78. The van der Waals surface area contributed by atoms with Crippen LogP contribution in [0.1, 0.15) is 75.2 Å². The largest absolute Gasteiger partial charge is 0.443 e. The average Bonchev–Trinajstić information content (AvgIpc) is 3.43. The number of hydrogen-bond acceptors (Lipinski definition) is 7. The third-order valence-corrected chi connectivity index (χ3v) is 5.83. The fourth-order valence-corrected chi connectivity index (χ4v) is 4.06. The fourth-order valence-electron chi connectivity index (χ4n) is 4.06. The van der Waals surface area contributed by atoms with Crippen molar-refractivity contribution in [2.75, 3.05) is 6.54 Å². The van der Waals surface area contributed by atoms with E-state index in [1.807, 2.05) is 0 Å². The lowest BCUT2D eigenvalue weighted by molar-refractivity contribution is 0.356. The van der Waals surface area contributed by atoms with Crippen LogP contribution >= 0.6 is 0 Å². The zero-order valence-corrected chi connectivity index (χ0v) is 17.9. The predicted molar refractivity (Wildman–Crippen MR) is 115 cm³/mol. The molecule has 0 bridgehead atoms. The number of rotatable bonds is 8. The van der Waals surface area contributed by atoms with E-state index in [0.717, 1.165) is 41.9 Å². The van der Waals surface area contributed by atoms with Gasteiger partial charge in [0.25, 0.3) is 0 Å². The molecule has 0 spiro atoms. The van der Waals surface area contributed by atoms with E-state index in [1.54, 1.807) is 12.5 Å². The molecule has 0 aromatic carbocycles. The van der Waals surface area contributed by atoms with E-state index in [-0.39, 0.29) is 0 Å². The second-order valence-electron chi connectivity index (χ2n) is 8.58. The van der Waals surface area contributed by atoms with Gasteiger partial charge in [0.05, 0.1) is 11.4 Å². The number of hydrogen-bond donors (Lipinski definition) is 1. The van der Waals surface area contributed by atoms with Crippen molar-refractivity contribution >= 4 is 0 Å². The summed E-state index contributed by atoms with van der Waals surface area (Å²) in [5.74, 6) is 1.99. The first-order valence-electron chi connectivity index (χ1n) is 11.1. The molecule has 0 atom stereocenters. The van der Waals surface area contributed by atoms with Gasteiger partial charge in [0.1, 0.15) is 18.2 Å². The minimum absolute atomic E-state index is 0.302. The van der Waals surface area contributed by atoms with Crippen molar-refractivity contribution in [1.82, 2.24) is 20.2 Å². The van der Waals surface area contributed by atoms with E-state index >= 15 is 0 Å². The topological polar surface area (TPSA) is 104 Å². The van der Waals surface area contributed by atoms with Gasteiger partial charge < -0.3 is 14.6 Å². The average molecular weight is 410 g/mol. The Labute approximate surface area is 177 Å². The van der Waals surface area contributed by atoms with Crippen LogP contribution in [-0.4, -0.2) is 26.7 Å². The van der Waals surface area contributed by atoms with E-state index in [4.69, 9.17) is 14.6 Å². The molecule has 160 valence electrons. The Hall–Kier alpha value is -2.54. The molecule has 0 unspecified atom stereocenters. The molecule has 3 heterocycles. The molecule has 3 aromatic heterocycles. The van der Waals surface area contributed by atoms with Gasteiger partial charge in [-0.05, 0) is 49.3 Å². The number of aryl methyl sites for hydroxylation is 1. The van der Waals surface area contributed by atoms with Gasteiger partial charge in [-0.3, -0.25) is 0 Å². The minimum Gasteiger partial charge on any atom is -0.443 e. The summed E-state index contributed by atoms with van der Waals surface area (Å²) in [6.45, 7) is 4.82. The van der Waals surface area contributed by atoms with Crippen LogP contribution in [0.25, 0.3) is 23.2 Å². The van der Waals surface area contributed by atoms with Crippen molar-refractivity contribution in [2.45, 2.75) is 71.1 Å². The highest BCUT2D eigenvalue weighted by Crippen LogP contribution is 2.32. The maximum absolute atomic E-state index is 5.77. The number of nitrogens with zero attached hydrogens (tertiary/aromatic N) is 4. The molecule has 1 aliphatic rings. The van der Waals surface area contributed by atoms with Crippen LogP contribution in [0.2, 0.25) is 0 Å². The predicted octanol–water partition coefficient (Wildman–Crippen LogP) is 4.92. The van der Waals surface area contributed by atoms with E-state index < -0.39 is 0 Å². The summed E-state index contributed by atoms with van der Waals surface area (Å²) in [6, 6.07) is 2.05. The van der Waals surface area contributed by atoms with E-state index in [0.29, 0.717) is 35.9 Å². The highest BCUT2D eigenvalue weighted by atomic mass is 16.3. The van der Waals surface area contributed by atoms with Crippen molar-refractivity contribution in [3.63, 3.8) is 0 Å². The normalized spacial score (nSPS) is 15.2. The van der Waals surface area contributed by atoms with Crippen molar-refractivity contribution in [3.8, 4) is 23.2 Å². The molecule has 1 saturated carbocycles. The van der Waals surface area contributed by atoms with Gasteiger partial charge >= 0.3 is 0 Å². The van der Waals surface area contributed by atoms with Crippen LogP contribution < -0.4 is 5.73 Å². The first kappa shape index (κ1) is 20.7. The Morgan fingerprint density at radius 1 is 1.03 bits per heavy atom. The number of aromatic nitrogens is 4. The van der Waals surface area contributed by atoms with Crippen LogP contribution in [-0.2, 0) is 12.8 Å². The van der Waals surface area contributed by atoms with Gasteiger partial charge in [-0.2, -0.15) is 0 Å². The Kier molecular flexibility index (Phi) is 6.57. The lowest BCUT2D eigenvalue weighted by Crippen LogP contribution is -2.11. The summed E-state index contributed by atoms with van der Waals surface area (Å²) in [4.78, 5) is 9.23. The Bertz CT molecular complexity index is 956. The Morgan fingerprint density at radius 3 is 2.57 bits per heavy atom. The van der Waals surface area contributed by atoms with E-state index in [9.17, 15) is 0 Å². The van der Waals surface area contributed by atoms with Gasteiger partial charge in [0.15, 0.2) is 5.69 Å². The molecule has 4 rings (SSSR count). The lowest BCUT2D eigenvalue weighted by Gasteiger charge is -2.22. The molecule has 0 amide bonds. The molecule has 2 N–H and O–H groups in total. The van der Waals surface area contributed by atoms with Crippen molar-refractivity contribution < 1.29 is 8.83 Å². The first-order valence-corrected chi connectivity index (χ1v) is 11.1. The zero-order valence-electron chi connectivity index (χ0n) is 17.9. The highest BCUT2D eigenvalue weighted by Gasteiger charge is 2.22. The summed E-state index contributed by atoms with van der Waals surface area (Å²) < 4.78 is 11.5. The minimum atomic E-state index is 0.302. The summed E-state index contributed by atoms with van der Waals surface area (Å²) in [5, 5.41) is 8.90. The Balaban J connectivity index is 1.66. The molecule has 7 nitrogen and oxygen atoms in total. The van der Waals surface area contributed by atoms with Crippen molar-refractivity contribution in [3.05, 3.63) is 35.5 Å². The Morgan fingerprint density at radius 2 is 1.83 bits per heavy atom. The molecule has 0 aliphatic heterocycles. The van der Waals surface area contributed by atoms with Crippen LogP contribution in [0.15, 0.2) is 27.4 Å². The highest BCUT2D eigenvalue weighted by molar-refractivity contribution is 5.58. The molecule has 7 heteroatoms. The second kappa shape index (κ2) is 9.51. The van der Waals surface area contributed by atoms with Gasteiger partial charge in [-0.1, -0.05) is 46.0 Å². The quantitative estimate of drug-likeness (QED) is 0.563. The van der Waals surface area contributed by atoms with Gasteiger partial charge in [-0.25, -0.2) is 9.97 Å². The SMILES string of the molecule is CC(C)c1coc(-c2cc(CC3CCCCC3)c(-c3nc(CCCN)co3)nn2)n1. The van der Waals surface area contributed by atoms with E-state index in [1.165, 1.54) is 32.1 Å². The van der Waals surface area contributed by atoms with Crippen LogP contribution in [0.3, 0.4) is 0 Å². The zero-order chi connectivity index (χ0) is 20.9. The number of oxazole rings is 2. The molecule has 0 radical (unpaired) electrons. The van der Waals surface area contributed by atoms with Gasteiger partial charge in [-0.15, -0.1) is 10.2 Å². The first-order chi connectivity index (χ1) is 14.6. The fraction of sp³-hybridized carbons (Fsp3) is 0.565. The van der Waals surface area contributed by atoms with Crippen molar-refractivity contribution in [1.29, 1.82) is 0 Å². The summed E-state index contributed by atoms with van der Waals surface area (Å²) in [7, 11) is 0. The lowest BCUT2D eigenvalue weighted by atomic mass is 9.84.